The van der Waals surface area contributed by atoms with Gasteiger partial charge in [0.2, 0.25) is 11.1 Å². The van der Waals surface area contributed by atoms with E-state index in [0.717, 1.165) is 22.2 Å². The van der Waals surface area contributed by atoms with Gasteiger partial charge in [-0.1, -0.05) is 0 Å². The molecule has 1 aromatic carbocycles. The fraction of sp³-hybridized carbons (Fsp3) is 0.250. The third kappa shape index (κ3) is 4.12. The number of nitrogens with zero attached hydrogens (tertiary/aromatic N) is 6. The molecule has 0 saturated carbocycles. The normalized spacial score (nSPS) is 14.9. The van der Waals surface area contributed by atoms with Gasteiger partial charge in [0.05, 0.1) is 24.7 Å². The minimum absolute atomic E-state index is 0.0547. The first-order valence-electron chi connectivity index (χ1n) is 11.0. The molecule has 0 bridgehead atoms. The third-order valence-electron chi connectivity index (χ3n) is 5.87. The van der Waals surface area contributed by atoms with Crippen LogP contribution in [0, 0.1) is 11.2 Å². The summed E-state index contributed by atoms with van der Waals surface area (Å²) in [5.41, 5.74) is 2.05. The number of amides is 1. The van der Waals surface area contributed by atoms with E-state index in [1.807, 2.05) is 18.2 Å². The molecule has 11 heteroatoms. The molecule has 1 aliphatic heterocycles. The van der Waals surface area contributed by atoms with Crippen molar-refractivity contribution >= 4 is 52.3 Å². The number of anilines is 1. The quantitative estimate of drug-likeness (QED) is 0.389. The molecule has 3 aromatic heterocycles. The molecule has 1 atom stereocenters. The lowest BCUT2D eigenvalue weighted by molar-refractivity contribution is -0.117. The number of carbonyl (C=O) groups excluding carboxylic acids is 1. The van der Waals surface area contributed by atoms with Gasteiger partial charge in [0, 0.05) is 48.9 Å². The molecular formula is C24H22FN7O2S. The number of aromatic nitrogens is 4. The Hall–Kier alpha value is -3.86. The van der Waals surface area contributed by atoms with Crippen LogP contribution in [0.4, 0.5) is 10.1 Å². The number of rotatable bonds is 7. The van der Waals surface area contributed by atoms with Crippen LogP contribution in [-0.4, -0.2) is 58.6 Å². The summed E-state index contributed by atoms with van der Waals surface area (Å²) in [6.45, 7) is 0.635. The highest BCUT2D eigenvalue weighted by Gasteiger charge is 2.26. The van der Waals surface area contributed by atoms with Gasteiger partial charge in [-0.25, -0.2) is 4.39 Å². The number of methoxy groups -OCH3 is 1. The third-order valence-corrected chi connectivity index (χ3v) is 6.82. The van der Waals surface area contributed by atoms with Gasteiger partial charge >= 0.3 is 0 Å². The Labute approximate surface area is 204 Å². The second-order valence-electron chi connectivity index (χ2n) is 8.00. The van der Waals surface area contributed by atoms with Crippen molar-refractivity contribution in [2.24, 2.45) is 4.99 Å². The summed E-state index contributed by atoms with van der Waals surface area (Å²) in [5.74, 6) is -0.344. The van der Waals surface area contributed by atoms with Crippen molar-refractivity contribution in [3.8, 4) is 5.75 Å². The van der Waals surface area contributed by atoms with E-state index in [4.69, 9.17) is 10.1 Å². The van der Waals surface area contributed by atoms with E-state index in [-0.39, 0.29) is 11.6 Å². The monoisotopic (exact) mass is 491 g/mol. The highest BCUT2D eigenvalue weighted by molar-refractivity contribution is 7.99. The van der Waals surface area contributed by atoms with Crippen molar-refractivity contribution in [2.45, 2.75) is 28.8 Å². The topological polar surface area (TPSA) is 109 Å². The average Bonchev–Trinajstić information content (AvgIpc) is 3.48. The predicted octanol–water partition coefficient (Wildman–Crippen LogP) is 4.14. The number of pyridine rings is 2. The maximum absolute atomic E-state index is 14.8. The number of benzene rings is 1. The first kappa shape index (κ1) is 22.9. The molecule has 0 aliphatic carbocycles. The van der Waals surface area contributed by atoms with Gasteiger partial charge in [-0.3, -0.25) is 19.2 Å². The summed E-state index contributed by atoms with van der Waals surface area (Å²) in [6, 6.07) is 7.03. The average molecular weight is 492 g/mol. The molecule has 4 heterocycles. The Kier molecular flexibility index (Phi) is 6.16. The maximum Gasteiger partial charge on any atom is 0.227 e. The number of nitrogens with one attached hydrogen (secondary N) is 1. The lowest BCUT2D eigenvalue weighted by atomic mass is 10.0. The number of hydrogen-bond acceptors (Lipinski definition) is 8. The van der Waals surface area contributed by atoms with E-state index >= 15 is 0 Å². The zero-order valence-electron chi connectivity index (χ0n) is 19.1. The summed E-state index contributed by atoms with van der Waals surface area (Å²) >= 11 is 1.31. The molecule has 9 nitrogen and oxygen atoms in total. The van der Waals surface area contributed by atoms with Crippen molar-refractivity contribution in [3.05, 3.63) is 48.0 Å². The first-order valence-corrected chi connectivity index (χ1v) is 11.8. The number of aliphatic imine (C=N–C) groups is 1. The van der Waals surface area contributed by atoms with E-state index in [2.05, 4.69) is 20.2 Å². The number of halogens is 1. The number of carbonyl (C=O) groups is 1. The largest absolute Gasteiger partial charge is 0.494 e. The highest BCUT2D eigenvalue weighted by Crippen LogP contribution is 2.39. The number of fused-ring (bicyclic) bond motifs is 2. The number of ether oxygens (including phenoxy) is 1. The molecule has 1 N–H and O–H groups in total. The van der Waals surface area contributed by atoms with Gasteiger partial charge in [0.25, 0.3) is 0 Å². The molecule has 0 spiro atoms. The van der Waals surface area contributed by atoms with Crippen LogP contribution < -0.4 is 9.64 Å². The molecule has 1 amide bonds. The van der Waals surface area contributed by atoms with Crippen LogP contribution >= 0.6 is 11.8 Å². The molecule has 1 fully saturated rings. The smallest absolute Gasteiger partial charge is 0.227 e. The fourth-order valence-electron chi connectivity index (χ4n) is 4.21. The van der Waals surface area contributed by atoms with Crippen LogP contribution in [0.1, 0.15) is 24.3 Å². The molecule has 1 aliphatic rings. The highest BCUT2D eigenvalue weighted by atomic mass is 32.2. The Morgan fingerprint density at radius 1 is 1.31 bits per heavy atom. The Balaban J connectivity index is 1.56. The van der Waals surface area contributed by atoms with Crippen LogP contribution in [0.2, 0.25) is 0 Å². The van der Waals surface area contributed by atoms with E-state index < -0.39 is 11.7 Å². The van der Waals surface area contributed by atoms with Crippen LogP contribution in [0.25, 0.3) is 16.6 Å². The Morgan fingerprint density at radius 3 is 2.89 bits per heavy atom. The second kappa shape index (κ2) is 9.41. The van der Waals surface area contributed by atoms with Gasteiger partial charge in [0.15, 0.2) is 17.2 Å². The Morgan fingerprint density at radius 2 is 2.17 bits per heavy atom. The number of hydrogen-bond donors (Lipinski definition) is 1. The minimum Gasteiger partial charge on any atom is -0.494 e. The van der Waals surface area contributed by atoms with Crippen LogP contribution in [-0.2, 0) is 4.79 Å². The zero-order valence-corrected chi connectivity index (χ0v) is 19.9. The van der Waals surface area contributed by atoms with E-state index in [0.29, 0.717) is 35.1 Å². The van der Waals surface area contributed by atoms with Gasteiger partial charge in [-0.2, -0.15) is 0 Å². The molecule has 1 saturated heterocycles. The summed E-state index contributed by atoms with van der Waals surface area (Å²) in [7, 11) is 3.19. The molecule has 178 valence electrons. The molecule has 1 unspecified atom stereocenters. The molecule has 35 heavy (non-hydrogen) atoms. The van der Waals surface area contributed by atoms with E-state index in [1.54, 1.807) is 42.1 Å². The van der Waals surface area contributed by atoms with Gasteiger partial charge < -0.3 is 15.0 Å². The van der Waals surface area contributed by atoms with Crippen LogP contribution in [0.5, 0.6) is 5.75 Å². The van der Waals surface area contributed by atoms with Crippen molar-refractivity contribution in [2.75, 3.05) is 25.6 Å². The Bertz CT molecular complexity index is 1490. The van der Waals surface area contributed by atoms with Gasteiger partial charge in [0.1, 0.15) is 5.69 Å². The van der Waals surface area contributed by atoms with Crippen LogP contribution in [0.3, 0.4) is 0 Å². The maximum atomic E-state index is 14.8. The predicted molar refractivity (Wildman–Crippen MR) is 133 cm³/mol. The van der Waals surface area contributed by atoms with Gasteiger partial charge in [-0.05, 0) is 48.0 Å². The summed E-state index contributed by atoms with van der Waals surface area (Å²) < 4.78 is 22.0. The summed E-state index contributed by atoms with van der Waals surface area (Å²) in [4.78, 5) is 23.3. The molecule has 4 aromatic rings. The second-order valence-corrected chi connectivity index (χ2v) is 9.04. The summed E-state index contributed by atoms with van der Waals surface area (Å²) in [6.07, 6.45) is 7.49. The van der Waals surface area contributed by atoms with Crippen molar-refractivity contribution in [1.29, 1.82) is 5.41 Å². The standard InChI is InChI=1S/C24H22FN7O2S/c1-27-11-15(10-26)14-8-18(25)23-29-30-24(32(23)13-14)35-16-5-6-19-17(9-16)22(34-2)20(12-28-19)31-7-3-4-21(31)33/h5-6,8-13,15,26H,3-4,7H2,1-2H3. The first-order chi connectivity index (χ1) is 17.0. The molecule has 0 radical (unpaired) electrons. The van der Waals surface area contributed by atoms with E-state index in [1.165, 1.54) is 24.0 Å². The summed E-state index contributed by atoms with van der Waals surface area (Å²) in [5, 5.41) is 17.1. The van der Waals surface area contributed by atoms with Crippen molar-refractivity contribution < 1.29 is 13.9 Å². The lowest BCUT2D eigenvalue weighted by Gasteiger charge is -2.19. The SMILES string of the molecule is CN=CC(C=N)c1cc(F)c2nnc(Sc3ccc4ncc(N5CCCC5=O)c(OC)c4c3)n2c1. The van der Waals surface area contributed by atoms with Crippen LogP contribution in [0.15, 0.2) is 51.7 Å². The zero-order chi connectivity index (χ0) is 24.5. The van der Waals surface area contributed by atoms with E-state index in [9.17, 15) is 9.18 Å². The molecule has 5 rings (SSSR count). The van der Waals surface area contributed by atoms with Crippen molar-refractivity contribution in [3.63, 3.8) is 0 Å². The van der Waals surface area contributed by atoms with Crippen molar-refractivity contribution in [1.82, 2.24) is 19.6 Å². The minimum atomic E-state index is -0.525. The van der Waals surface area contributed by atoms with Gasteiger partial charge in [-0.15, -0.1) is 10.2 Å². The molecular weight excluding hydrogens is 469 g/mol. The lowest BCUT2D eigenvalue weighted by Crippen LogP contribution is -2.24. The fourth-order valence-corrected chi connectivity index (χ4v) is 5.05.